The lowest BCUT2D eigenvalue weighted by Gasteiger charge is -2.10. The third-order valence-corrected chi connectivity index (χ3v) is 3.09. The Morgan fingerprint density at radius 3 is 2.79 bits per heavy atom. The quantitative estimate of drug-likeness (QED) is 0.829. The van der Waals surface area contributed by atoms with Gasteiger partial charge in [0.15, 0.2) is 11.6 Å². The van der Waals surface area contributed by atoms with Gasteiger partial charge in [-0.2, -0.15) is 5.10 Å². The van der Waals surface area contributed by atoms with Crippen LogP contribution in [-0.2, 0) is 23.1 Å². The van der Waals surface area contributed by atoms with Gasteiger partial charge in [0.1, 0.15) is 6.61 Å². The van der Waals surface area contributed by atoms with E-state index >= 15 is 0 Å². The van der Waals surface area contributed by atoms with Gasteiger partial charge in [0.25, 0.3) is 0 Å². The molecule has 19 heavy (non-hydrogen) atoms. The SMILES string of the molecule is COCc1nc(-c2cccc(C(C)OC)c2)nn1C. The number of aryl methyl sites for hydroxylation is 1. The lowest BCUT2D eigenvalue weighted by Crippen LogP contribution is -2.00. The van der Waals surface area contributed by atoms with E-state index in [1.165, 1.54) is 0 Å². The van der Waals surface area contributed by atoms with E-state index in [2.05, 4.69) is 16.1 Å². The molecule has 1 aromatic carbocycles. The van der Waals surface area contributed by atoms with E-state index in [-0.39, 0.29) is 6.10 Å². The molecule has 0 radical (unpaired) electrons. The van der Waals surface area contributed by atoms with Crippen LogP contribution in [0, 0.1) is 0 Å². The second-order valence-corrected chi connectivity index (χ2v) is 4.41. The van der Waals surface area contributed by atoms with Crippen molar-refractivity contribution in [3.63, 3.8) is 0 Å². The number of hydrogen-bond acceptors (Lipinski definition) is 4. The minimum atomic E-state index is 0.0575. The molecule has 1 aromatic heterocycles. The minimum Gasteiger partial charge on any atom is -0.377 e. The summed E-state index contributed by atoms with van der Waals surface area (Å²) in [7, 11) is 5.22. The molecule has 2 aromatic rings. The summed E-state index contributed by atoms with van der Waals surface area (Å²) in [5.74, 6) is 1.52. The van der Waals surface area contributed by atoms with Crippen LogP contribution in [-0.4, -0.2) is 29.0 Å². The van der Waals surface area contributed by atoms with E-state index in [1.807, 2.05) is 32.2 Å². The highest BCUT2D eigenvalue weighted by atomic mass is 16.5. The Bertz CT molecular complexity index is 551. The Balaban J connectivity index is 2.33. The Labute approximate surface area is 113 Å². The van der Waals surface area contributed by atoms with Crippen LogP contribution < -0.4 is 0 Å². The van der Waals surface area contributed by atoms with Crippen molar-refractivity contribution in [3.8, 4) is 11.4 Å². The van der Waals surface area contributed by atoms with Crippen molar-refractivity contribution in [2.75, 3.05) is 14.2 Å². The number of rotatable bonds is 5. The molecule has 0 aliphatic rings. The third kappa shape index (κ3) is 3.00. The molecular weight excluding hydrogens is 242 g/mol. The van der Waals surface area contributed by atoms with Gasteiger partial charge in [0, 0.05) is 26.8 Å². The molecule has 0 aliphatic heterocycles. The summed E-state index contributed by atoms with van der Waals surface area (Å²) >= 11 is 0. The van der Waals surface area contributed by atoms with Crippen molar-refractivity contribution in [1.29, 1.82) is 0 Å². The first-order valence-corrected chi connectivity index (χ1v) is 6.17. The van der Waals surface area contributed by atoms with Crippen LogP contribution in [0.2, 0.25) is 0 Å². The number of benzene rings is 1. The van der Waals surface area contributed by atoms with Gasteiger partial charge < -0.3 is 9.47 Å². The zero-order valence-corrected chi connectivity index (χ0v) is 11.8. The summed E-state index contributed by atoms with van der Waals surface area (Å²) in [4.78, 5) is 4.48. The van der Waals surface area contributed by atoms with Gasteiger partial charge in [-0.25, -0.2) is 4.98 Å². The predicted octanol–water partition coefficient (Wildman–Crippen LogP) is 2.34. The van der Waals surface area contributed by atoms with E-state index in [4.69, 9.17) is 9.47 Å². The molecule has 1 atom stereocenters. The molecular formula is C14H19N3O2. The number of methoxy groups -OCH3 is 2. The Hall–Kier alpha value is -1.72. The fourth-order valence-electron chi connectivity index (χ4n) is 1.86. The van der Waals surface area contributed by atoms with Gasteiger partial charge in [-0.3, -0.25) is 4.68 Å². The lowest BCUT2D eigenvalue weighted by atomic mass is 10.1. The summed E-state index contributed by atoms with van der Waals surface area (Å²) in [5.41, 5.74) is 2.10. The maximum absolute atomic E-state index is 5.33. The molecule has 102 valence electrons. The smallest absolute Gasteiger partial charge is 0.181 e. The first kappa shape index (κ1) is 13.7. The average Bonchev–Trinajstić information content (AvgIpc) is 2.80. The normalized spacial score (nSPS) is 12.6. The van der Waals surface area contributed by atoms with E-state index < -0.39 is 0 Å². The van der Waals surface area contributed by atoms with E-state index in [0.717, 1.165) is 17.0 Å². The average molecular weight is 261 g/mol. The summed E-state index contributed by atoms with van der Waals surface area (Å²) in [6.45, 7) is 2.47. The molecule has 0 N–H and O–H groups in total. The topological polar surface area (TPSA) is 49.2 Å². The van der Waals surface area contributed by atoms with Crippen LogP contribution in [0.25, 0.3) is 11.4 Å². The maximum Gasteiger partial charge on any atom is 0.181 e. The van der Waals surface area contributed by atoms with E-state index in [1.54, 1.807) is 18.9 Å². The van der Waals surface area contributed by atoms with Crippen molar-refractivity contribution >= 4 is 0 Å². The van der Waals surface area contributed by atoms with Gasteiger partial charge >= 0.3 is 0 Å². The molecule has 1 unspecified atom stereocenters. The van der Waals surface area contributed by atoms with Crippen LogP contribution in [0.15, 0.2) is 24.3 Å². The van der Waals surface area contributed by atoms with Crippen LogP contribution in [0.4, 0.5) is 0 Å². The molecule has 0 bridgehead atoms. The van der Waals surface area contributed by atoms with Crippen LogP contribution >= 0.6 is 0 Å². The number of aromatic nitrogens is 3. The van der Waals surface area contributed by atoms with Crippen molar-refractivity contribution < 1.29 is 9.47 Å². The zero-order chi connectivity index (χ0) is 13.8. The molecule has 1 heterocycles. The summed E-state index contributed by atoms with van der Waals surface area (Å²) < 4.78 is 12.2. The first-order chi connectivity index (χ1) is 9.15. The van der Waals surface area contributed by atoms with Crippen molar-refractivity contribution in [3.05, 3.63) is 35.7 Å². The Morgan fingerprint density at radius 2 is 2.11 bits per heavy atom. The van der Waals surface area contributed by atoms with Crippen LogP contribution in [0.1, 0.15) is 24.4 Å². The van der Waals surface area contributed by atoms with Gasteiger partial charge in [0.05, 0.1) is 6.10 Å². The van der Waals surface area contributed by atoms with Crippen LogP contribution in [0.5, 0.6) is 0 Å². The highest BCUT2D eigenvalue weighted by Crippen LogP contribution is 2.22. The largest absolute Gasteiger partial charge is 0.377 e. The van der Waals surface area contributed by atoms with Crippen LogP contribution in [0.3, 0.4) is 0 Å². The molecule has 0 saturated heterocycles. The van der Waals surface area contributed by atoms with Gasteiger partial charge in [0.2, 0.25) is 0 Å². The van der Waals surface area contributed by atoms with E-state index in [0.29, 0.717) is 12.4 Å². The number of ether oxygens (including phenoxy) is 2. The second kappa shape index (κ2) is 5.95. The minimum absolute atomic E-state index is 0.0575. The van der Waals surface area contributed by atoms with Crippen molar-refractivity contribution in [2.45, 2.75) is 19.6 Å². The summed E-state index contributed by atoms with van der Waals surface area (Å²) in [5, 5.41) is 4.41. The standard InChI is InChI=1S/C14H19N3O2/c1-10(19-4)11-6-5-7-12(8-11)14-15-13(9-18-3)17(2)16-14/h5-8,10H,9H2,1-4H3. The molecule has 5 nitrogen and oxygen atoms in total. The number of nitrogens with zero attached hydrogens (tertiary/aromatic N) is 3. The van der Waals surface area contributed by atoms with Gasteiger partial charge in [-0.1, -0.05) is 18.2 Å². The Morgan fingerprint density at radius 1 is 1.32 bits per heavy atom. The van der Waals surface area contributed by atoms with Gasteiger partial charge in [-0.05, 0) is 18.6 Å². The van der Waals surface area contributed by atoms with E-state index in [9.17, 15) is 0 Å². The summed E-state index contributed by atoms with van der Waals surface area (Å²) in [6, 6.07) is 8.08. The molecule has 0 fully saturated rings. The molecule has 2 rings (SSSR count). The fraction of sp³-hybridized carbons (Fsp3) is 0.429. The molecule has 5 heteroatoms. The fourth-order valence-corrected chi connectivity index (χ4v) is 1.86. The highest BCUT2D eigenvalue weighted by molar-refractivity contribution is 5.56. The van der Waals surface area contributed by atoms with Crippen molar-refractivity contribution in [1.82, 2.24) is 14.8 Å². The zero-order valence-electron chi connectivity index (χ0n) is 11.8. The molecule has 0 amide bonds. The highest BCUT2D eigenvalue weighted by Gasteiger charge is 2.11. The lowest BCUT2D eigenvalue weighted by molar-refractivity contribution is 0.119. The first-order valence-electron chi connectivity index (χ1n) is 6.17. The maximum atomic E-state index is 5.33. The van der Waals surface area contributed by atoms with Gasteiger partial charge in [-0.15, -0.1) is 0 Å². The molecule has 0 saturated carbocycles. The summed E-state index contributed by atoms with van der Waals surface area (Å²) in [6.07, 6.45) is 0.0575. The number of hydrogen-bond donors (Lipinski definition) is 0. The Kier molecular flexibility index (Phi) is 4.29. The molecule has 0 spiro atoms. The monoisotopic (exact) mass is 261 g/mol. The second-order valence-electron chi connectivity index (χ2n) is 4.41. The third-order valence-electron chi connectivity index (χ3n) is 3.09. The predicted molar refractivity (Wildman–Crippen MR) is 72.6 cm³/mol. The van der Waals surface area contributed by atoms with Crippen molar-refractivity contribution in [2.24, 2.45) is 7.05 Å². The molecule has 0 aliphatic carbocycles.